The van der Waals surface area contributed by atoms with E-state index in [9.17, 15) is 4.39 Å². The van der Waals surface area contributed by atoms with E-state index in [0.717, 1.165) is 0 Å². The van der Waals surface area contributed by atoms with E-state index in [1.807, 2.05) is 0 Å². The SMILES string of the molecule is Fc1ccccc1.O. The molecule has 8 heavy (non-hydrogen) atoms. The Morgan fingerprint density at radius 1 is 1.00 bits per heavy atom. The molecule has 0 radical (unpaired) electrons. The Hall–Kier alpha value is -0.890. The summed E-state index contributed by atoms with van der Waals surface area (Å²) in [5, 5.41) is 0. The van der Waals surface area contributed by atoms with E-state index >= 15 is 0 Å². The molecule has 1 aromatic rings. The maximum Gasteiger partial charge on any atom is 0.123 e. The number of halogens is 1. The van der Waals surface area contributed by atoms with E-state index < -0.39 is 0 Å². The molecular formula is C6H7FO. The predicted octanol–water partition coefficient (Wildman–Crippen LogP) is 1.00. The van der Waals surface area contributed by atoms with Gasteiger partial charge in [0, 0.05) is 0 Å². The second kappa shape index (κ2) is 3.16. The lowest BCUT2D eigenvalue weighted by Gasteiger charge is -1.78. The van der Waals surface area contributed by atoms with Gasteiger partial charge >= 0.3 is 0 Å². The van der Waals surface area contributed by atoms with Crippen molar-refractivity contribution in [2.75, 3.05) is 0 Å². The zero-order valence-corrected chi connectivity index (χ0v) is 4.26. The Labute approximate surface area is 47.1 Å². The highest BCUT2D eigenvalue weighted by atomic mass is 19.1. The Balaban J connectivity index is 0.000000490. The maximum absolute atomic E-state index is 11.9. The van der Waals surface area contributed by atoms with Crippen molar-refractivity contribution in [3.8, 4) is 0 Å². The quantitative estimate of drug-likeness (QED) is 0.482. The third-order valence-corrected chi connectivity index (χ3v) is 0.733. The summed E-state index contributed by atoms with van der Waals surface area (Å²) in [6, 6.07) is 7.94. The highest BCUT2D eigenvalue weighted by Crippen LogP contribution is 1.91. The van der Waals surface area contributed by atoms with E-state index in [0.29, 0.717) is 0 Å². The predicted molar refractivity (Wildman–Crippen MR) is 30.0 cm³/mol. The van der Waals surface area contributed by atoms with Crippen LogP contribution in [0.4, 0.5) is 4.39 Å². The van der Waals surface area contributed by atoms with Gasteiger partial charge < -0.3 is 5.48 Å². The Morgan fingerprint density at radius 3 is 1.75 bits per heavy atom. The van der Waals surface area contributed by atoms with Crippen LogP contribution in [0.15, 0.2) is 30.3 Å². The molecule has 0 aliphatic heterocycles. The highest BCUT2D eigenvalue weighted by molar-refractivity contribution is 5.02. The van der Waals surface area contributed by atoms with Crippen molar-refractivity contribution in [3.63, 3.8) is 0 Å². The fourth-order valence-corrected chi connectivity index (χ4v) is 0.415. The molecule has 0 fully saturated rings. The lowest BCUT2D eigenvalue weighted by molar-refractivity contribution is 0.628. The van der Waals surface area contributed by atoms with Crippen LogP contribution >= 0.6 is 0 Å². The molecule has 1 rings (SSSR count). The molecule has 0 amide bonds. The second-order valence-electron chi connectivity index (χ2n) is 1.30. The first kappa shape index (κ1) is 7.11. The monoisotopic (exact) mass is 114 g/mol. The minimum Gasteiger partial charge on any atom is -0.412 e. The van der Waals surface area contributed by atoms with Gasteiger partial charge in [-0.15, -0.1) is 0 Å². The van der Waals surface area contributed by atoms with Gasteiger partial charge in [0.05, 0.1) is 0 Å². The van der Waals surface area contributed by atoms with E-state index in [1.165, 1.54) is 12.1 Å². The molecule has 1 nitrogen and oxygen atoms in total. The first-order valence-electron chi connectivity index (χ1n) is 2.10. The minimum atomic E-state index is -0.178. The number of hydrogen-bond acceptors (Lipinski definition) is 0. The zero-order valence-electron chi connectivity index (χ0n) is 4.26. The van der Waals surface area contributed by atoms with Crippen molar-refractivity contribution in [2.24, 2.45) is 0 Å². The molecule has 44 valence electrons. The van der Waals surface area contributed by atoms with Gasteiger partial charge in [-0.25, -0.2) is 4.39 Å². The molecule has 2 heteroatoms. The number of rotatable bonds is 0. The Morgan fingerprint density at radius 2 is 1.50 bits per heavy atom. The summed E-state index contributed by atoms with van der Waals surface area (Å²) < 4.78 is 11.9. The van der Waals surface area contributed by atoms with Crippen LogP contribution in [0.1, 0.15) is 0 Å². The van der Waals surface area contributed by atoms with Gasteiger partial charge in [-0.1, -0.05) is 18.2 Å². The molecule has 0 aliphatic carbocycles. The van der Waals surface area contributed by atoms with Crippen molar-refractivity contribution < 1.29 is 9.87 Å². The number of hydrogen-bond donors (Lipinski definition) is 0. The molecule has 0 aliphatic rings. The van der Waals surface area contributed by atoms with Crippen LogP contribution in [0, 0.1) is 5.82 Å². The van der Waals surface area contributed by atoms with E-state index in [4.69, 9.17) is 0 Å². The van der Waals surface area contributed by atoms with Crippen LogP contribution in [-0.2, 0) is 0 Å². The van der Waals surface area contributed by atoms with Crippen LogP contribution in [0.3, 0.4) is 0 Å². The third-order valence-electron chi connectivity index (χ3n) is 0.733. The lowest BCUT2D eigenvalue weighted by atomic mass is 10.4. The summed E-state index contributed by atoms with van der Waals surface area (Å²) in [6.07, 6.45) is 0. The van der Waals surface area contributed by atoms with E-state index in [-0.39, 0.29) is 11.3 Å². The molecule has 0 atom stereocenters. The van der Waals surface area contributed by atoms with Crippen LogP contribution in [0.25, 0.3) is 0 Å². The molecule has 2 N–H and O–H groups in total. The van der Waals surface area contributed by atoms with Crippen molar-refractivity contribution in [1.82, 2.24) is 0 Å². The van der Waals surface area contributed by atoms with Gasteiger partial charge in [0.25, 0.3) is 0 Å². The average molecular weight is 114 g/mol. The van der Waals surface area contributed by atoms with Crippen molar-refractivity contribution in [2.45, 2.75) is 0 Å². The second-order valence-corrected chi connectivity index (χ2v) is 1.30. The summed E-state index contributed by atoms with van der Waals surface area (Å²) >= 11 is 0. The topological polar surface area (TPSA) is 31.5 Å². The van der Waals surface area contributed by atoms with Crippen LogP contribution in [-0.4, -0.2) is 5.48 Å². The van der Waals surface area contributed by atoms with Crippen molar-refractivity contribution >= 4 is 0 Å². The highest BCUT2D eigenvalue weighted by Gasteiger charge is 1.77. The molecule has 0 bridgehead atoms. The molecule has 0 aromatic heterocycles. The summed E-state index contributed by atoms with van der Waals surface area (Å²) in [6.45, 7) is 0. The lowest BCUT2D eigenvalue weighted by Crippen LogP contribution is -1.63. The van der Waals surface area contributed by atoms with Crippen molar-refractivity contribution in [1.29, 1.82) is 0 Å². The zero-order chi connectivity index (χ0) is 5.11. The van der Waals surface area contributed by atoms with E-state index in [1.54, 1.807) is 18.2 Å². The fourth-order valence-electron chi connectivity index (χ4n) is 0.415. The first-order chi connectivity index (χ1) is 3.39. The number of benzene rings is 1. The van der Waals surface area contributed by atoms with Gasteiger partial charge in [-0.05, 0) is 12.1 Å². The summed E-state index contributed by atoms with van der Waals surface area (Å²) in [5.41, 5.74) is 0. The van der Waals surface area contributed by atoms with Gasteiger partial charge in [0.2, 0.25) is 0 Å². The molecular weight excluding hydrogens is 107 g/mol. The minimum absolute atomic E-state index is 0. The summed E-state index contributed by atoms with van der Waals surface area (Å²) in [4.78, 5) is 0. The van der Waals surface area contributed by atoms with Crippen LogP contribution < -0.4 is 0 Å². The largest absolute Gasteiger partial charge is 0.412 e. The standard InChI is InChI=1S/C6H5F.H2O/c7-6-4-2-1-3-5-6;/h1-5H;1H2. The van der Waals surface area contributed by atoms with E-state index in [2.05, 4.69) is 0 Å². The Bertz CT molecular complexity index is 138. The average Bonchev–Trinajstić information content (AvgIpc) is 1.69. The van der Waals surface area contributed by atoms with Gasteiger partial charge in [0.15, 0.2) is 0 Å². The smallest absolute Gasteiger partial charge is 0.123 e. The van der Waals surface area contributed by atoms with Crippen molar-refractivity contribution in [3.05, 3.63) is 36.1 Å². The summed E-state index contributed by atoms with van der Waals surface area (Å²) in [7, 11) is 0. The van der Waals surface area contributed by atoms with Gasteiger partial charge in [-0.3, -0.25) is 0 Å². The molecule has 0 heterocycles. The van der Waals surface area contributed by atoms with Gasteiger partial charge in [-0.2, -0.15) is 0 Å². The fraction of sp³-hybridized carbons (Fsp3) is 0. The Kier molecular flexibility index (Phi) is 2.80. The third kappa shape index (κ3) is 1.71. The molecule has 0 spiro atoms. The maximum atomic E-state index is 11.9. The first-order valence-corrected chi connectivity index (χ1v) is 2.10. The molecule has 0 unspecified atom stereocenters. The molecule has 0 saturated heterocycles. The van der Waals surface area contributed by atoms with Crippen LogP contribution in [0.5, 0.6) is 0 Å². The summed E-state index contributed by atoms with van der Waals surface area (Å²) in [5.74, 6) is -0.178. The molecule has 1 aromatic carbocycles. The van der Waals surface area contributed by atoms with Crippen LogP contribution in [0.2, 0.25) is 0 Å². The molecule has 0 saturated carbocycles. The normalized spacial score (nSPS) is 7.62. The van der Waals surface area contributed by atoms with Gasteiger partial charge in [0.1, 0.15) is 5.82 Å².